The molecular weight excluding hydrogens is 567 g/mol. The number of allylic oxidation sites excluding steroid dienone is 1. The number of piperidine rings is 1. The number of nitrogens with zero attached hydrogens (tertiary/aromatic N) is 2. The number of anilines is 1. The summed E-state index contributed by atoms with van der Waals surface area (Å²) in [5.41, 5.74) is -0.159. The van der Waals surface area contributed by atoms with Crippen LogP contribution in [-0.2, 0) is 23.9 Å². The molecule has 3 amide bonds. The van der Waals surface area contributed by atoms with Crippen molar-refractivity contribution in [3.8, 4) is 6.07 Å². The number of halogens is 3. The molecule has 3 N–H and O–H groups in total. The van der Waals surface area contributed by atoms with E-state index in [-0.39, 0.29) is 42.5 Å². The Morgan fingerprint density at radius 2 is 1.88 bits per heavy atom. The molecule has 6 aliphatic rings. The molecule has 10 nitrogen and oxygen atoms in total. The van der Waals surface area contributed by atoms with E-state index in [0.29, 0.717) is 18.5 Å². The second-order valence-corrected chi connectivity index (χ2v) is 13.5. The lowest BCUT2D eigenvalue weighted by Gasteiger charge is -2.48. The van der Waals surface area contributed by atoms with E-state index in [0.717, 1.165) is 5.56 Å². The summed E-state index contributed by atoms with van der Waals surface area (Å²) in [6.45, 7) is 5.87. The normalized spacial score (nSPS) is 34.0. The zero-order chi connectivity index (χ0) is 31.1. The maximum absolute atomic E-state index is 14.1. The van der Waals surface area contributed by atoms with Crippen LogP contribution in [0.1, 0.15) is 51.5 Å². The topological polar surface area (TPSA) is 141 Å². The van der Waals surface area contributed by atoms with Gasteiger partial charge < -0.3 is 25.6 Å². The maximum atomic E-state index is 14.1. The summed E-state index contributed by atoms with van der Waals surface area (Å²) in [7, 11) is 0. The van der Waals surface area contributed by atoms with Gasteiger partial charge in [-0.1, -0.05) is 32.0 Å². The van der Waals surface area contributed by atoms with Crippen molar-refractivity contribution in [2.45, 2.75) is 75.9 Å². The van der Waals surface area contributed by atoms with E-state index in [2.05, 4.69) is 16.7 Å². The van der Waals surface area contributed by atoms with Crippen LogP contribution in [0.25, 0.3) is 0 Å². The van der Waals surface area contributed by atoms with E-state index in [9.17, 15) is 37.6 Å². The second-order valence-electron chi connectivity index (χ2n) is 13.5. The number of amides is 3. The van der Waals surface area contributed by atoms with Crippen molar-refractivity contribution in [1.82, 2.24) is 15.5 Å². The summed E-state index contributed by atoms with van der Waals surface area (Å²) in [5.74, 6) is -2.58. The molecule has 2 aliphatic carbocycles. The van der Waals surface area contributed by atoms with E-state index in [1.165, 1.54) is 4.90 Å². The number of likely N-dealkylation sites (tertiary alicyclic amines) is 1. The average Bonchev–Trinajstić information content (AvgIpc) is 3.48. The number of fused-ring (bicyclic) bond motifs is 3. The van der Waals surface area contributed by atoms with Crippen LogP contribution < -0.4 is 16.0 Å². The van der Waals surface area contributed by atoms with E-state index in [4.69, 9.17) is 4.74 Å². The van der Waals surface area contributed by atoms with Gasteiger partial charge in [0.2, 0.25) is 11.8 Å². The second kappa shape index (κ2) is 9.56. The Hall–Kier alpha value is -3.88. The highest BCUT2D eigenvalue weighted by Gasteiger charge is 2.72. The Balaban J connectivity index is 1.24. The predicted molar refractivity (Wildman–Crippen MR) is 144 cm³/mol. The smallest absolute Gasteiger partial charge is 0.375 e. The Morgan fingerprint density at radius 1 is 1.19 bits per heavy atom. The molecule has 0 spiro atoms. The van der Waals surface area contributed by atoms with Crippen molar-refractivity contribution in [3.63, 3.8) is 0 Å². The summed E-state index contributed by atoms with van der Waals surface area (Å²) < 4.78 is 45.7. The third kappa shape index (κ3) is 4.59. The first-order chi connectivity index (χ1) is 20.1. The van der Waals surface area contributed by atoms with Crippen molar-refractivity contribution in [1.29, 1.82) is 5.26 Å². The van der Waals surface area contributed by atoms with Crippen LogP contribution in [0.4, 0.5) is 18.9 Å². The molecule has 1 unspecified atom stereocenters. The molecular formula is C30H32F3N5O5. The third-order valence-electron chi connectivity index (χ3n) is 10.3. The zero-order valence-electron chi connectivity index (χ0n) is 23.9. The molecule has 7 rings (SSSR count). The van der Waals surface area contributed by atoms with Crippen LogP contribution in [0.5, 0.6) is 0 Å². The number of nitrogens with one attached hydrogen (secondary N) is 3. The Kier molecular flexibility index (Phi) is 6.49. The van der Waals surface area contributed by atoms with Crippen LogP contribution in [0.15, 0.2) is 30.0 Å². The van der Waals surface area contributed by atoms with Crippen LogP contribution in [-0.4, -0.2) is 71.6 Å². The van der Waals surface area contributed by atoms with Crippen LogP contribution >= 0.6 is 0 Å². The summed E-state index contributed by atoms with van der Waals surface area (Å²) in [6, 6.07) is 5.66. The monoisotopic (exact) mass is 599 g/mol. The van der Waals surface area contributed by atoms with Crippen molar-refractivity contribution < 1.29 is 37.1 Å². The highest BCUT2D eigenvalue weighted by atomic mass is 19.4. The first kappa shape index (κ1) is 29.2. The van der Waals surface area contributed by atoms with Gasteiger partial charge in [-0.3, -0.25) is 14.4 Å². The lowest BCUT2D eigenvalue weighted by Crippen LogP contribution is -2.65. The summed E-state index contributed by atoms with van der Waals surface area (Å²) in [4.78, 5) is 52.9. The van der Waals surface area contributed by atoms with Gasteiger partial charge in [-0.25, -0.2) is 4.79 Å². The van der Waals surface area contributed by atoms with Gasteiger partial charge in [0.1, 0.15) is 29.8 Å². The minimum atomic E-state index is -5.20. The molecule has 13 heteroatoms. The quantitative estimate of drug-likeness (QED) is 0.409. The highest BCUT2D eigenvalue weighted by Crippen LogP contribution is 2.66. The average molecular weight is 600 g/mol. The van der Waals surface area contributed by atoms with Crippen LogP contribution in [0.3, 0.4) is 0 Å². The number of carbonyl (C=O) groups excluding carboxylic acids is 4. The molecule has 1 aromatic carbocycles. The lowest BCUT2D eigenvalue weighted by molar-refractivity contribution is -0.177. The number of carbonyl (C=O) groups is 3. The molecule has 6 atom stereocenters. The summed E-state index contributed by atoms with van der Waals surface area (Å²) >= 11 is 0. The van der Waals surface area contributed by atoms with Gasteiger partial charge in [0.25, 0.3) is 0 Å². The largest absolute Gasteiger partial charge is 0.471 e. The molecule has 5 fully saturated rings. The Labute approximate surface area is 246 Å². The molecule has 4 heterocycles. The first-order valence-corrected chi connectivity index (χ1v) is 14.3. The van der Waals surface area contributed by atoms with Crippen molar-refractivity contribution in [2.75, 3.05) is 18.5 Å². The van der Waals surface area contributed by atoms with Crippen molar-refractivity contribution in [2.24, 2.45) is 22.7 Å². The number of benzene rings is 1. The predicted octanol–water partition coefficient (Wildman–Crippen LogP) is 2.41. The third-order valence-corrected chi connectivity index (χ3v) is 10.3. The molecule has 0 aromatic heterocycles. The minimum Gasteiger partial charge on any atom is -0.375 e. The summed E-state index contributed by atoms with van der Waals surface area (Å²) in [6.07, 6.45) is -4.52. The van der Waals surface area contributed by atoms with Gasteiger partial charge in [-0.15, -0.1) is 0 Å². The lowest BCUT2D eigenvalue weighted by atomic mass is 9.59. The molecule has 43 heavy (non-hydrogen) atoms. The minimum absolute atomic E-state index is 0.0150. The van der Waals surface area contributed by atoms with Crippen molar-refractivity contribution in [3.05, 3.63) is 35.5 Å². The molecule has 228 valence electrons. The highest BCUT2D eigenvalue weighted by molar-refractivity contribution is 5.95. The van der Waals surface area contributed by atoms with E-state index in [1.807, 2.05) is 31.2 Å². The van der Waals surface area contributed by atoms with Crippen LogP contribution in [0.2, 0.25) is 0 Å². The SMILES string of the molecule is CC12CC([C@H](NC(=O)C(F)(F)F)C(=O)N3C[C@H]4[C@@H]([C@H]3C(=O)N[C@H](C#N)CC3C(=C=O)Nc5ccccc53)C4(C)C)(CO1)C2. The first-order valence-electron chi connectivity index (χ1n) is 14.3. The fourth-order valence-electron chi connectivity index (χ4n) is 8.20. The van der Waals surface area contributed by atoms with Crippen LogP contribution in [0, 0.1) is 34.0 Å². The number of nitriles is 1. The van der Waals surface area contributed by atoms with Gasteiger partial charge in [-0.2, -0.15) is 18.4 Å². The zero-order valence-corrected chi connectivity index (χ0v) is 23.9. The maximum Gasteiger partial charge on any atom is 0.471 e. The molecule has 3 saturated heterocycles. The number of hydrogen-bond acceptors (Lipinski definition) is 7. The Morgan fingerprint density at radius 3 is 2.49 bits per heavy atom. The Bertz CT molecular complexity index is 1490. The number of rotatable bonds is 7. The van der Waals surface area contributed by atoms with Gasteiger partial charge in [-0.05, 0) is 55.1 Å². The molecule has 4 aliphatic heterocycles. The van der Waals surface area contributed by atoms with Crippen molar-refractivity contribution >= 4 is 29.4 Å². The van der Waals surface area contributed by atoms with Gasteiger partial charge in [0.15, 0.2) is 0 Å². The number of hydrogen-bond donors (Lipinski definition) is 3. The van der Waals surface area contributed by atoms with E-state index in [1.54, 1.807) is 25.1 Å². The van der Waals surface area contributed by atoms with E-state index >= 15 is 0 Å². The molecule has 2 bridgehead atoms. The number of ether oxygens (including phenoxy) is 1. The number of alkyl halides is 3. The molecule has 0 radical (unpaired) electrons. The van der Waals surface area contributed by atoms with E-state index < -0.39 is 59.0 Å². The van der Waals surface area contributed by atoms with Gasteiger partial charge >= 0.3 is 12.1 Å². The standard InChI is InChI=1S/C30H32F3N5O5/c1-27(2)18-10-38(25(41)23(37-26(42)30(31,32)33)29-12-28(3,13-29)43-14-29)22(21(18)27)24(40)35-15(9-34)8-17-16-6-4-5-7-19(16)36-20(17)11-39/h4-7,15,17-18,21-23,36H,8,10,12-14H2,1-3H3,(H,35,40)(H,37,42)/t15-,17?,18-,21-,22-,23+,28?,29?/m0/s1. The molecule has 1 aromatic rings. The molecule has 2 saturated carbocycles. The van der Waals surface area contributed by atoms with Gasteiger partial charge in [0, 0.05) is 23.6 Å². The summed E-state index contributed by atoms with van der Waals surface area (Å²) in [5, 5.41) is 17.6. The number of para-hydroxylation sites is 1. The fraction of sp³-hybridized carbons (Fsp3) is 0.600. The fourth-order valence-corrected chi connectivity index (χ4v) is 8.20. The van der Waals surface area contributed by atoms with Gasteiger partial charge in [0.05, 0.1) is 18.3 Å².